The number of ether oxygens (including phenoxy) is 2. The number of pyridine rings is 1. The Morgan fingerprint density at radius 1 is 1.20 bits per heavy atom. The molecule has 1 saturated carbocycles. The molecule has 1 N–H and O–H groups in total. The van der Waals surface area contributed by atoms with Gasteiger partial charge < -0.3 is 14.8 Å². The van der Waals surface area contributed by atoms with Gasteiger partial charge >= 0.3 is 0 Å². The van der Waals surface area contributed by atoms with Crippen molar-refractivity contribution in [2.75, 3.05) is 13.7 Å². The summed E-state index contributed by atoms with van der Waals surface area (Å²) in [5.74, 6) is 1.47. The van der Waals surface area contributed by atoms with Gasteiger partial charge in [0.05, 0.1) is 12.8 Å². The average Bonchev–Trinajstić information content (AvgIpc) is 2.48. The lowest BCUT2D eigenvalue weighted by atomic mass is 9.89. The van der Waals surface area contributed by atoms with Crippen LogP contribution >= 0.6 is 0 Å². The molecule has 1 aromatic rings. The molecule has 0 aliphatic heterocycles. The van der Waals surface area contributed by atoms with Crippen molar-refractivity contribution in [3.63, 3.8) is 0 Å². The first kappa shape index (κ1) is 18.7. The van der Waals surface area contributed by atoms with Crippen LogP contribution in [0, 0.1) is 0 Å². The summed E-state index contributed by atoms with van der Waals surface area (Å²) in [4.78, 5) is 4.20. The Kier molecular flexibility index (Phi) is 10.8. The smallest absolute Gasteiger partial charge is 0.213 e. The van der Waals surface area contributed by atoms with Gasteiger partial charge in [0.25, 0.3) is 0 Å². The summed E-state index contributed by atoms with van der Waals surface area (Å²) in [6.45, 7) is 10.6. The lowest BCUT2D eigenvalue weighted by Gasteiger charge is -2.34. The Morgan fingerprint density at radius 3 is 2.30 bits per heavy atom. The Bertz CT molecular complexity index is 322. The number of hydrogen-bond acceptors (Lipinski definition) is 4. The van der Waals surface area contributed by atoms with Gasteiger partial charge in [-0.15, -0.1) is 0 Å². The van der Waals surface area contributed by atoms with Gasteiger partial charge in [-0.05, 0) is 32.9 Å². The normalized spacial score (nSPS) is 19.5. The topological polar surface area (TPSA) is 43.4 Å². The van der Waals surface area contributed by atoms with E-state index >= 15 is 0 Å². The second kappa shape index (κ2) is 11.5. The summed E-state index contributed by atoms with van der Waals surface area (Å²) in [5, 5.41) is 3.22. The van der Waals surface area contributed by atoms with Crippen molar-refractivity contribution in [1.29, 1.82) is 0 Å². The van der Waals surface area contributed by atoms with Gasteiger partial charge in [0.2, 0.25) is 5.88 Å². The third-order valence-electron chi connectivity index (χ3n) is 2.81. The maximum Gasteiger partial charge on any atom is 0.213 e. The molecule has 1 aliphatic carbocycles. The molecule has 0 aromatic carbocycles. The van der Waals surface area contributed by atoms with E-state index in [2.05, 4.69) is 10.3 Å². The second-order valence-corrected chi connectivity index (χ2v) is 3.96. The predicted molar refractivity (Wildman–Crippen MR) is 84.6 cm³/mol. The minimum atomic E-state index is 0.308. The van der Waals surface area contributed by atoms with Crippen LogP contribution in [-0.4, -0.2) is 30.8 Å². The Hall–Kier alpha value is -1.29. The first-order valence-corrected chi connectivity index (χ1v) is 7.74. The van der Waals surface area contributed by atoms with Gasteiger partial charge in [-0.2, -0.15) is 0 Å². The number of nitrogens with zero attached hydrogens (tertiary/aromatic N) is 1. The molecule has 4 nitrogen and oxygen atoms in total. The maximum atomic E-state index is 5.71. The lowest BCUT2D eigenvalue weighted by molar-refractivity contribution is 0.0837. The first-order valence-electron chi connectivity index (χ1n) is 7.74. The zero-order valence-corrected chi connectivity index (χ0v) is 13.8. The van der Waals surface area contributed by atoms with Crippen LogP contribution < -0.4 is 14.8 Å². The molecule has 0 atom stereocenters. The summed E-state index contributed by atoms with van der Waals surface area (Å²) in [5.41, 5.74) is 0. The van der Waals surface area contributed by atoms with Crippen molar-refractivity contribution >= 4 is 0 Å². The fourth-order valence-corrected chi connectivity index (χ4v) is 1.76. The predicted octanol–water partition coefficient (Wildman–Crippen LogP) is 3.66. The molecule has 2 rings (SSSR count). The largest absolute Gasteiger partial charge is 0.492 e. The van der Waals surface area contributed by atoms with Gasteiger partial charge in [-0.1, -0.05) is 27.7 Å². The molecule has 1 fully saturated rings. The minimum absolute atomic E-state index is 0.308. The van der Waals surface area contributed by atoms with E-state index in [-0.39, 0.29) is 0 Å². The van der Waals surface area contributed by atoms with Crippen molar-refractivity contribution in [2.45, 2.75) is 59.6 Å². The van der Waals surface area contributed by atoms with Crippen LogP contribution in [-0.2, 0) is 0 Å². The van der Waals surface area contributed by atoms with E-state index in [9.17, 15) is 0 Å². The molecule has 1 heterocycles. The summed E-state index contributed by atoms with van der Waals surface area (Å²) in [6, 6.07) is 4.35. The Labute approximate surface area is 123 Å². The molecule has 4 heteroatoms. The lowest BCUT2D eigenvalue weighted by Crippen LogP contribution is -2.45. The van der Waals surface area contributed by atoms with Gasteiger partial charge in [0, 0.05) is 12.1 Å². The number of rotatable bonds is 5. The quantitative estimate of drug-likeness (QED) is 0.895. The highest BCUT2D eigenvalue weighted by Crippen LogP contribution is 2.25. The second-order valence-electron chi connectivity index (χ2n) is 3.96. The van der Waals surface area contributed by atoms with Crippen molar-refractivity contribution in [3.8, 4) is 11.6 Å². The summed E-state index contributed by atoms with van der Waals surface area (Å²) >= 11 is 0. The summed E-state index contributed by atoms with van der Waals surface area (Å²) in [7, 11) is 1.98. The SMILES string of the molecule is CC.CC.CCOc1ccc(OC2CC(NC)C2)nc1. The number of aromatic nitrogens is 1. The van der Waals surface area contributed by atoms with E-state index in [1.807, 2.05) is 53.8 Å². The molecule has 1 aromatic heterocycles. The van der Waals surface area contributed by atoms with E-state index in [1.54, 1.807) is 6.20 Å². The molecular formula is C16H30N2O2. The highest BCUT2D eigenvalue weighted by atomic mass is 16.5. The molecule has 20 heavy (non-hydrogen) atoms. The van der Waals surface area contributed by atoms with Crippen LogP contribution in [0.2, 0.25) is 0 Å². The van der Waals surface area contributed by atoms with Crippen molar-refractivity contribution in [2.24, 2.45) is 0 Å². The molecule has 0 radical (unpaired) electrons. The van der Waals surface area contributed by atoms with Crippen molar-refractivity contribution < 1.29 is 9.47 Å². The van der Waals surface area contributed by atoms with Crippen LogP contribution in [0.5, 0.6) is 11.6 Å². The van der Waals surface area contributed by atoms with E-state index in [0.717, 1.165) is 18.6 Å². The van der Waals surface area contributed by atoms with Gasteiger partial charge in [-0.25, -0.2) is 4.98 Å². The van der Waals surface area contributed by atoms with E-state index in [1.165, 1.54) is 0 Å². The van der Waals surface area contributed by atoms with E-state index < -0.39 is 0 Å². The standard InChI is InChI=1S/C12H18N2O2.2C2H6/c1-3-15-10-4-5-12(14-8-10)16-11-6-9(7-11)13-2;2*1-2/h4-5,8-9,11,13H,3,6-7H2,1-2H3;2*1-2H3. The third kappa shape index (κ3) is 6.24. The van der Waals surface area contributed by atoms with Crippen LogP contribution in [0.1, 0.15) is 47.5 Å². The monoisotopic (exact) mass is 282 g/mol. The van der Waals surface area contributed by atoms with Crippen LogP contribution in [0.15, 0.2) is 18.3 Å². The zero-order chi connectivity index (χ0) is 15.4. The molecular weight excluding hydrogens is 252 g/mol. The van der Waals surface area contributed by atoms with Crippen molar-refractivity contribution in [3.05, 3.63) is 18.3 Å². The molecule has 116 valence electrons. The molecule has 0 saturated heterocycles. The third-order valence-corrected chi connectivity index (χ3v) is 2.81. The summed E-state index contributed by atoms with van der Waals surface area (Å²) < 4.78 is 11.0. The van der Waals surface area contributed by atoms with Crippen molar-refractivity contribution in [1.82, 2.24) is 10.3 Å². The zero-order valence-electron chi connectivity index (χ0n) is 13.8. The molecule has 0 spiro atoms. The Morgan fingerprint density at radius 2 is 1.85 bits per heavy atom. The van der Waals surface area contributed by atoms with Crippen LogP contribution in [0.25, 0.3) is 0 Å². The fraction of sp³-hybridized carbons (Fsp3) is 0.688. The van der Waals surface area contributed by atoms with E-state index in [4.69, 9.17) is 9.47 Å². The number of nitrogens with one attached hydrogen (secondary N) is 1. The van der Waals surface area contributed by atoms with Gasteiger partial charge in [0.15, 0.2) is 0 Å². The number of hydrogen-bond donors (Lipinski definition) is 1. The molecule has 1 aliphatic rings. The Balaban J connectivity index is 0.000000829. The average molecular weight is 282 g/mol. The van der Waals surface area contributed by atoms with Crippen LogP contribution in [0.3, 0.4) is 0 Å². The first-order chi connectivity index (χ1) is 9.81. The molecule has 0 bridgehead atoms. The fourth-order valence-electron chi connectivity index (χ4n) is 1.76. The molecule has 0 amide bonds. The molecule has 0 unspecified atom stereocenters. The minimum Gasteiger partial charge on any atom is -0.492 e. The van der Waals surface area contributed by atoms with Gasteiger partial charge in [0.1, 0.15) is 11.9 Å². The summed E-state index contributed by atoms with van der Waals surface area (Å²) in [6.07, 6.45) is 4.13. The van der Waals surface area contributed by atoms with Gasteiger partial charge in [-0.3, -0.25) is 0 Å². The maximum absolute atomic E-state index is 5.71. The van der Waals surface area contributed by atoms with Crippen LogP contribution in [0.4, 0.5) is 0 Å². The highest BCUT2D eigenvalue weighted by molar-refractivity contribution is 5.23. The highest BCUT2D eigenvalue weighted by Gasteiger charge is 2.29. The van der Waals surface area contributed by atoms with E-state index in [0.29, 0.717) is 24.6 Å².